The highest BCUT2D eigenvalue weighted by atomic mass is 16.5. The third-order valence-electron chi connectivity index (χ3n) is 6.36. The van der Waals surface area contributed by atoms with Gasteiger partial charge in [0.05, 0.1) is 19.8 Å². The van der Waals surface area contributed by atoms with Crippen molar-refractivity contribution in [3.63, 3.8) is 0 Å². The van der Waals surface area contributed by atoms with Crippen LogP contribution in [0.25, 0.3) is 0 Å². The molecule has 0 saturated carbocycles. The molecule has 0 bridgehead atoms. The second-order valence-electron chi connectivity index (χ2n) is 9.01. The van der Waals surface area contributed by atoms with Gasteiger partial charge in [0.25, 0.3) is 0 Å². The Bertz CT molecular complexity index is 913. The number of amides is 1. The lowest BCUT2D eigenvalue weighted by molar-refractivity contribution is -0.128. The zero-order valence-electron chi connectivity index (χ0n) is 19.7. The molecular weight excluding hydrogens is 412 g/mol. The summed E-state index contributed by atoms with van der Waals surface area (Å²) in [4.78, 5) is 21.0. The van der Waals surface area contributed by atoms with E-state index in [1.807, 2.05) is 11.0 Å². The molecule has 2 aromatic carbocycles. The van der Waals surface area contributed by atoms with E-state index in [1.165, 1.54) is 16.7 Å². The molecule has 2 heterocycles. The molecular formula is C27H36N4O2. The Kier molecular flexibility index (Phi) is 8.36. The fourth-order valence-corrected chi connectivity index (χ4v) is 4.51. The average molecular weight is 449 g/mol. The summed E-state index contributed by atoms with van der Waals surface area (Å²) >= 11 is 0. The maximum Gasteiger partial charge on any atom is 0.222 e. The summed E-state index contributed by atoms with van der Waals surface area (Å²) in [5.74, 6) is 1.79. The van der Waals surface area contributed by atoms with E-state index in [4.69, 9.17) is 9.73 Å². The molecule has 1 atom stereocenters. The summed E-state index contributed by atoms with van der Waals surface area (Å²) < 4.78 is 5.97. The maximum absolute atomic E-state index is 11.8. The number of nitrogens with zero attached hydrogens (tertiary/aromatic N) is 3. The zero-order valence-corrected chi connectivity index (χ0v) is 19.7. The normalized spacial score (nSPS) is 18.9. The van der Waals surface area contributed by atoms with E-state index in [1.54, 1.807) is 0 Å². The topological polar surface area (TPSA) is 57.2 Å². The van der Waals surface area contributed by atoms with E-state index >= 15 is 0 Å². The van der Waals surface area contributed by atoms with E-state index in [-0.39, 0.29) is 5.91 Å². The first-order valence-electron chi connectivity index (χ1n) is 12.2. The highest BCUT2D eigenvalue weighted by Gasteiger charge is 2.25. The predicted molar refractivity (Wildman–Crippen MR) is 132 cm³/mol. The molecule has 6 nitrogen and oxygen atoms in total. The molecule has 1 amide bonds. The van der Waals surface area contributed by atoms with Crippen LogP contribution in [0.4, 0.5) is 0 Å². The van der Waals surface area contributed by atoms with Crippen LogP contribution in [0.5, 0.6) is 0 Å². The van der Waals surface area contributed by atoms with Crippen LogP contribution in [0.2, 0.25) is 0 Å². The highest BCUT2D eigenvalue weighted by molar-refractivity contribution is 5.80. The Morgan fingerprint density at radius 2 is 1.85 bits per heavy atom. The Hall–Kier alpha value is -2.86. The summed E-state index contributed by atoms with van der Waals surface area (Å²) in [5.41, 5.74) is 3.59. The molecule has 2 aromatic rings. The smallest absolute Gasteiger partial charge is 0.222 e. The van der Waals surface area contributed by atoms with Gasteiger partial charge in [0, 0.05) is 45.1 Å². The van der Waals surface area contributed by atoms with Gasteiger partial charge in [-0.1, -0.05) is 54.6 Å². The van der Waals surface area contributed by atoms with Gasteiger partial charge in [0.2, 0.25) is 5.91 Å². The molecule has 2 fully saturated rings. The third-order valence-corrected chi connectivity index (χ3v) is 6.36. The van der Waals surface area contributed by atoms with Gasteiger partial charge in [-0.25, -0.2) is 4.99 Å². The van der Waals surface area contributed by atoms with E-state index < -0.39 is 0 Å². The molecule has 2 aliphatic heterocycles. The number of carbonyl (C=O) groups excluding carboxylic acids is 1. The van der Waals surface area contributed by atoms with Crippen molar-refractivity contribution >= 4 is 11.9 Å². The first kappa shape index (κ1) is 23.3. The summed E-state index contributed by atoms with van der Waals surface area (Å²) in [5, 5.41) is 3.45. The highest BCUT2D eigenvalue weighted by Crippen LogP contribution is 2.18. The van der Waals surface area contributed by atoms with Crippen molar-refractivity contribution in [1.82, 2.24) is 15.1 Å². The van der Waals surface area contributed by atoms with Gasteiger partial charge in [-0.2, -0.15) is 0 Å². The molecule has 2 saturated heterocycles. The monoisotopic (exact) mass is 448 g/mol. The number of nitrogens with one attached hydrogen (secondary N) is 1. The van der Waals surface area contributed by atoms with Gasteiger partial charge in [0.15, 0.2) is 5.96 Å². The first-order chi connectivity index (χ1) is 16.2. The van der Waals surface area contributed by atoms with Crippen molar-refractivity contribution in [3.8, 4) is 0 Å². The van der Waals surface area contributed by atoms with Crippen LogP contribution in [0.1, 0.15) is 42.9 Å². The number of rotatable bonds is 9. The lowest BCUT2D eigenvalue weighted by atomic mass is 10.1. The molecule has 0 spiro atoms. The molecule has 176 valence electrons. The van der Waals surface area contributed by atoms with Gasteiger partial charge < -0.3 is 19.9 Å². The van der Waals surface area contributed by atoms with Crippen molar-refractivity contribution in [2.75, 3.05) is 32.8 Å². The minimum atomic E-state index is 0.272. The van der Waals surface area contributed by atoms with Crippen LogP contribution in [0, 0.1) is 5.92 Å². The Balaban J connectivity index is 1.26. The Morgan fingerprint density at radius 3 is 2.58 bits per heavy atom. The van der Waals surface area contributed by atoms with Gasteiger partial charge >= 0.3 is 0 Å². The number of likely N-dealkylation sites (tertiary alicyclic amines) is 2. The minimum Gasteiger partial charge on any atom is -0.376 e. The quantitative estimate of drug-likeness (QED) is 0.468. The van der Waals surface area contributed by atoms with Crippen molar-refractivity contribution < 1.29 is 9.53 Å². The molecule has 0 aliphatic carbocycles. The molecule has 0 aromatic heterocycles. The number of ether oxygens (including phenoxy) is 1. The van der Waals surface area contributed by atoms with E-state index in [9.17, 15) is 4.79 Å². The molecule has 2 aliphatic rings. The number of aliphatic imine (C=N–C) groups is 1. The summed E-state index contributed by atoms with van der Waals surface area (Å²) in [7, 11) is 0. The third kappa shape index (κ3) is 6.81. The average Bonchev–Trinajstić information content (AvgIpc) is 3.47. The van der Waals surface area contributed by atoms with Crippen LogP contribution in [-0.2, 0) is 29.2 Å². The number of guanidine groups is 1. The lowest BCUT2D eigenvalue weighted by Crippen LogP contribution is -2.40. The summed E-state index contributed by atoms with van der Waals surface area (Å²) in [6.07, 6.45) is 2.80. The van der Waals surface area contributed by atoms with Crippen LogP contribution >= 0.6 is 0 Å². The number of carbonyl (C=O) groups is 1. The molecule has 33 heavy (non-hydrogen) atoms. The van der Waals surface area contributed by atoms with Gasteiger partial charge in [-0.05, 0) is 36.5 Å². The number of hydrogen-bond donors (Lipinski definition) is 1. The zero-order chi connectivity index (χ0) is 22.9. The standard InChI is InChI=1S/C27H36N4O2/c1-2-28-27(31-16-14-25(19-31)21-33-20-24-7-4-3-5-8-24)29-17-22-10-12-23(13-11-22)18-30-15-6-9-26(30)32/h3-5,7-8,10-13,25H,2,6,9,14-21H2,1H3,(H,28,29). The van der Waals surface area contributed by atoms with Crippen molar-refractivity contribution in [2.45, 2.75) is 45.9 Å². The SMILES string of the molecule is CCNC(=NCc1ccc(CN2CCCC2=O)cc1)N1CCC(COCc2ccccc2)C1. The van der Waals surface area contributed by atoms with Crippen LogP contribution in [-0.4, -0.2) is 54.5 Å². The van der Waals surface area contributed by atoms with Gasteiger partial charge in [-0.3, -0.25) is 4.79 Å². The van der Waals surface area contributed by atoms with Crippen LogP contribution < -0.4 is 5.32 Å². The summed E-state index contributed by atoms with van der Waals surface area (Å²) in [6.45, 7) is 8.65. The molecule has 0 radical (unpaired) electrons. The number of benzene rings is 2. The van der Waals surface area contributed by atoms with E-state index in [0.29, 0.717) is 32.0 Å². The van der Waals surface area contributed by atoms with E-state index in [2.05, 4.69) is 65.7 Å². The maximum atomic E-state index is 11.8. The molecule has 6 heteroatoms. The van der Waals surface area contributed by atoms with Crippen molar-refractivity contribution in [2.24, 2.45) is 10.9 Å². The van der Waals surface area contributed by atoms with Crippen LogP contribution in [0.3, 0.4) is 0 Å². The van der Waals surface area contributed by atoms with Crippen LogP contribution in [0.15, 0.2) is 59.6 Å². The Labute approximate surface area is 197 Å². The fourth-order valence-electron chi connectivity index (χ4n) is 4.51. The fraction of sp³-hybridized carbons (Fsp3) is 0.481. The number of hydrogen-bond acceptors (Lipinski definition) is 3. The Morgan fingerprint density at radius 1 is 1.06 bits per heavy atom. The first-order valence-corrected chi connectivity index (χ1v) is 12.2. The van der Waals surface area contributed by atoms with Gasteiger partial charge in [-0.15, -0.1) is 0 Å². The predicted octanol–water partition coefficient (Wildman–Crippen LogP) is 3.81. The van der Waals surface area contributed by atoms with Gasteiger partial charge in [0.1, 0.15) is 0 Å². The van der Waals surface area contributed by atoms with Crippen molar-refractivity contribution in [3.05, 3.63) is 71.3 Å². The lowest BCUT2D eigenvalue weighted by Gasteiger charge is -2.22. The second kappa shape index (κ2) is 11.8. The van der Waals surface area contributed by atoms with Crippen molar-refractivity contribution in [1.29, 1.82) is 0 Å². The second-order valence-corrected chi connectivity index (χ2v) is 9.01. The largest absolute Gasteiger partial charge is 0.376 e. The van der Waals surface area contributed by atoms with E-state index in [0.717, 1.165) is 51.6 Å². The minimum absolute atomic E-state index is 0.272. The molecule has 1 unspecified atom stereocenters. The summed E-state index contributed by atoms with van der Waals surface area (Å²) in [6, 6.07) is 18.9. The molecule has 4 rings (SSSR count). The molecule has 1 N–H and O–H groups in total.